The maximum absolute atomic E-state index is 13.0. The molecule has 0 aliphatic rings. The Bertz CT molecular complexity index is 652. The highest BCUT2D eigenvalue weighted by molar-refractivity contribution is 7.98. The molecule has 0 aliphatic heterocycles. The van der Waals surface area contributed by atoms with Gasteiger partial charge in [0.15, 0.2) is 0 Å². The highest BCUT2D eigenvalue weighted by Gasteiger charge is 2.06. The molecule has 0 fully saturated rings. The van der Waals surface area contributed by atoms with Gasteiger partial charge < -0.3 is 5.73 Å². The number of hydrogen-bond donors (Lipinski definition) is 1. The van der Waals surface area contributed by atoms with Gasteiger partial charge in [-0.3, -0.25) is 0 Å². The number of hydrogen-bond acceptors (Lipinski definition) is 3. The summed E-state index contributed by atoms with van der Waals surface area (Å²) in [5.41, 5.74) is 7.57. The van der Waals surface area contributed by atoms with E-state index in [1.807, 2.05) is 12.1 Å². The molecule has 0 atom stereocenters. The number of thioether (sulfide) groups is 1. The van der Waals surface area contributed by atoms with Crippen LogP contribution < -0.4 is 5.73 Å². The predicted molar refractivity (Wildman–Crippen MR) is 76.5 cm³/mol. The van der Waals surface area contributed by atoms with Gasteiger partial charge in [-0.1, -0.05) is 17.7 Å². The van der Waals surface area contributed by atoms with Gasteiger partial charge in [-0.15, -0.1) is 11.8 Å². The second-order valence-electron chi connectivity index (χ2n) is 3.88. The van der Waals surface area contributed by atoms with Crippen LogP contribution >= 0.6 is 23.4 Å². The van der Waals surface area contributed by atoms with Crippen LogP contribution in [0.3, 0.4) is 0 Å². The van der Waals surface area contributed by atoms with Gasteiger partial charge in [0.25, 0.3) is 0 Å². The number of anilines is 1. The number of benzene rings is 2. The maximum Gasteiger partial charge on any atom is 0.124 e. The Morgan fingerprint density at radius 3 is 2.74 bits per heavy atom. The number of rotatable bonds is 3. The summed E-state index contributed by atoms with van der Waals surface area (Å²) in [6, 6.07) is 11.5. The van der Waals surface area contributed by atoms with Gasteiger partial charge in [0.05, 0.1) is 11.6 Å². The van der Waals surface area contributed by atoms with Crippen molar-refractivity contribution >= 4 is 29.1 Å². The number of nitriles is 1. The molecule has 5 heteroatoms. The average molecular weight is 293 g/mol. The molecule has 19 heavy (non-hydrogen) atoms. The number of halogens is 2. The van der Waals surface area contributed by atoms with Crippen molar-refractivity contribution in [1.82, 2.24) is 0 Å². The summed E-state index contributed by atoms with van der Waals surface area (Å²) < 4.78 is 13.0. The van der Waals surface area contributed by atoms with Gasteiger partial charge in [-0.25, -0.2) is 4.39 Å². The predicted octanol–water partition coefficient (Wildman–Crippen LogP) is 4.23. The summed E-state index contributed by atoms with van der Waals surface area (Å²) >= 11 is 7.31. The smallest absolute Gasteiger partial charge is 0.124 e. The van der Waals surface area contributed by atoms with Crippen LogP contribution in [0.4, 0.5) is 10.1 Å². The van der Waals surface area contributed by atoms with E-state index in [0.717, 1.165) is 10.5 Å². The minimum atomic E-state index is -0.406. The Balaban J connectivity index is 2.17. The first-order valence-corrected chi connectivity index (χ1v) is 6.83. The van der Waals surface area contributed by atoms with E-state index in [2.05, 4.69) is 0 Å². The molecule has 0 saturated carbocycles. The number of nitrogens with zero attached hydrogens (tertiary/aromatic N) is 1. The molecule has 2 N–H and O–H groups in total. The highest BCUT2D eigenvalue weighted by Crippen LogP contribution is 2.30. The van der Waals surface area contributed by atoms with Crippen LogP contribution in [0.1, 0.15) is 11.1 Å². The summed E-state index contributed by atoms with van der Waals surface area (Å²) in [6.07, 6.45) is 0. The van der Waals surface area contributed by atoms with E-state index in [1.54, 1.807) is 18.2 Å². The van der Waals surface area contributed by atoms with E-state index in [9.17, 15) is 4.39 Å². The van der Waals surface area contributed by atoms with Gasteiger partial charge in [-0.2, -0.15) is 5.26 Å². The van der Waals surface area contributed by atoms with Crippen molar-refractivity contribution in [2.75, 3.05) is 5.73 Å². The molecule has 0 heterocycles. The van der Waals surface area contributed by atoms with E-state index in [4.69, 9.17) is 22.6 Å². The Labute approximate surface area is 120 Å². The van der Waals surface area contributed by atoms with Crippen molar-refractivity contribution < 1.29 is 4.39 Å². The zero-order chi connectivity index (χ0) is 13.8. The SMILES string of the molecule is N#Cc1cc(F)ccc1CSc1ccc(Cl)cc1N. The molecule has 2 aromatic carbocycles. The van der Waals surface area contributed by atoms with Crippen LogP contribution in [-0.4, -0.2) is 0 Å². The molecule has 0 spiro atoms. The second kappa shape index (κ2) is 5.96. The third-order valence-corrected chi connectivity index (χ3v) is 3.92. The summed E-state index contributed by atoms with van der Waals surface area (Å²) in [5, 5.41) is 9.55. The fourth-order valence-corrected chi connectivity index (χ4v) is 2.72. The van der Waals surface area contributed by atoms with Crippen LogP contribution in [0.15, 0.2) is 41.3 Å². The molecule has 96 valence electrons. The lowest BCUT2D eigenvalue weighted by Crippen LogP contribution is -1.92. The largest absolute Gasteiger partial charge is 0.398 e. The van der Waals surface area contributed by atoms with Crippen molar-refractivity contribution in [2.45, 2.75) is 10.6 Å². The fourth-order valence-electron chi connectivity index (χ4n) is 1.58. The number of nitrogen functional groups attached to an aromatic ring is 1. The van der Waals surface area contributed by atoms with E-state index in [0.29, 0.717) is 22.0 Å². The third kappa shape index (κ3) is 3.40. The summed E-state index contributed by atoms with van der Waals surface area (Å²) in [5.74, 6) is 0.144. The summed E-state index contributed by atoms with van der Waals surface area (Å²) in [6.45, 7) is 0. The monoisotopic (exact) mass is 292 g/mol. The number of nitrogens with two attached hydrogens (primary N) is 1. The van der Waals surface area contributed by atoms with Crippen LogP contribution in [0, 0.1) is 17.1 Å². The molecule has 0 radical (unpaired) electrons. The minimum Gasteiger partial charge on any atom is -0.398 e. The normalized spacial score (nSPS) is 10.2. The molecule has 0 amide bonds. The van der Waals surface area contributed by atoms with E-state index in [-0.39, 0.29) is 0 Å². The molecular formula is C14H10ClFN2S. The zero-order valence-electron chi connectivity index (χ0n) is 9.86. The molecular weight excluding hydrogens is 283 g/mol. The fraction of sp³-hybridized carbons (Fsp3) is 0.0714. The Hall–Kier alpha value is -1.70. The second-order valence-corrected chi connectivity index (χ2v) is 5.34. The van der Waals surface area contributed by atoms with Crippen molar-refractivity contribution in [2.24, 2.45) is 0 Å². The van der Waals surface area contributed by atoms with Crippen molar-refractivity contribution in [1.29, 1.82) is 5.26 Å². The third-order valence-electron chi connectivity index (χ3n) is 2.55. The van der Waals surface area contributed by atoms with Crippen molar-refractivity contribution in [3.05, 3.63) is 58.4 Å². The Kier molecular flexibility index (Phi) is 4.31. The first-order valence-electron chi connectivity index (χ1n) is 5.46. The first-order chi connectivity index (χ1) is 9.10. The van der Waals surface area contributed by atoms with Crippen molar-refractivity contribution in [3.8, 4) is 6.07 Å². The molecule has 0 aromatic heterocycles. The van der Waals surface area contributed by atoms with Crippen molar-refractivity contribution in [3.63, 3.8) is 0 Å². The zero-order valence-corrected chi connectivity index (χ0v) is 11.4. The average Bonchev–Trinajstić information content (AvgIpc) is 2.39. The minimum absolute atomic E-state index is 0.347. The van der Waals surface area contributed by atoms with E-state index < -0.39 is 5.82 Å². The summed E-state index contributed by atoms with van der Waals surface area (Å²) in [7, 11) is 0. The molecule has 0 unspecified atom stereocenters. The molecule has 2 rings (SSSR count). The van der Waals surface area contributed by atoms with E-state index in [1.165, 1.54) is 23.9 Å². The Morgan fingerprint density at radius 1 is 1.26 bits per heavy atom. The van der Waals surface area contributed by atoms with Crippen LogP contribution in [0.2, 0.25) is 5.02 Å². The maximum atomic E-state index is 13.0. The molecule has 2 aromatic rings. The standard InChI is InChI=1S/C14H10ClFN2S/c15-11-2-4-14(13(18)6-11)19-8-9-1-3-12(16)5-10(9)7-17/h1-6H,8,18H2. The van der Waals surface area contributed by atoms with Gasteiger partial charge in [-0.05, 0) is 35.9 Å². The molecule has 2 nitrogen and oxygen atoms in total. The molecule has 0 saturated heterocycles. The topological polar surface area (TPSA) is 49.8 Å². The lowest BCUT2D eigenvalue weighted by Gasteiger charge is -2.07. The molecule has 0 bridgehead atoms. The van der Waals surface area contributed by atoms with Crippen LogP contribution in [0.5, 0.6) is 0 Å². The molecule has 0 aliphatic carbocycles. The lowest BCUT2D eigenvalue weighted by molar-refractivity contribution is 0.627. The summed E-state index contributed by atoms with van der Waals surface area (Å²) in [4.78, 5) is 0.887. The van der Waals surface area contributed by atoms with Crippen LogP contribution in [-0.2, 0) is 5.75 Å². The Morgan fingerprint density at radius 2 is 2.05 bits per heavy atom. The van der Waals surface area contributed by atoms with Gasteiger partial charge in [0, 0.05) is 21.4 Å². The van der Waals surface area contributed by atoms with Gasteiger partial charge >= 0.3 is 0 Å². The highest BCUT2D eigenvalue weighted by atomic mass is 35.5. The quantitative estimate of drug-likeness (QED) is 0.680. The lowest BCUT2D eigenvalue weighted by atomic mass is 10.1. The van der Waals surface area contributed by atoms with Crippen LogP contribution in [0.25, 0.3) is 0 Å². The van der Waals surface area contributed by atoms with Gasteiger partial charge in [0.1, 0.15) is 5.82 Å². The van der Waals surface area contributed by atoms with E-state index >= 15 is 0 Å². The van der Waals surface area contributed by atoms with Gasteiger partial charge in [0.2, 0.25) is 0 Å². The first kappa shape index (κ1) is 13.7.